The first kappa shape index (κ1) is 14.5. The van der Waals surface area contributed by atoms with Crippen LogP contribution in [0.1, 0.15) is 0 Å². The van der Waals surface area contributed by atoms with Crippen molar-refractivity contribution in [3.8, 4) is 0 Å². The van der Waals surface area contributed by atoms with Gasteiger partial charge in [0.25, 0.3) is 0 Å². The summed E-state index contributed by atoms with van der Waals surface area (Å²) in [6, 6.07) is 7.83. The van der Waals surface area contributed by atoms with Gasteiger partial charge in [0.15, 0.2) is 0 Å². The van der Waals surface area contributed by atoms with Gasteiger partial charge >= 0.3 is 5.97 Å². The van der Waals surface area contributed by atoms with Gasteiger partial charge in [-0.05, 0) is 12.1 Å². The number of benzene rings is 1. The molecule has 2 rings (SSSR count). The summed E-state index contributed by atoms with van der Waals surface area (Å²) >= 11 is 0. The molecular formula is C14H18N2O4. The third-order valence-electron chi connectivity index (χ3n) is 2.77. The molecule has 0 unspecified atom stereocenters. The number of imidazole rings is 1. The number of rotatable bonds is 8. The van der Waals surface area contributed by atoms with Crippen LogP contribution in [0, 0.1) is 0 Å². The van der Waals surface area contributed by atoms with Crippen molar-refractivity contribution in [2.24, 2.45) is 0 Å². The number of nitrogens with zero attached hydrogens (tertiary/aromatic N) is 2. The molecule has 6 nitrogen and oxygen atoms in total. The molecule has 1 aromatic heterocycles. The Balaban J connectivity index is 1.71. The molecule has 108 valence electrons. The average molecular weight is 278 g/mol. The largest absolute Gasteiger partial charge is 0.462 e. The Morgan fingerprint density at radius 3 is 2.95 bits per heavy atom. The summed E-state index contributed by atoms with van der Waals surface area (Å²) in [6.45, 7) is 1.68. The van der Waals surface area contributed by atoms with Crippen molar-refractivity contribution in [2.45, 2.75) is 6.54 Å². The Bertz CT molecular complexity index is 553. The fraction of sp³-hybridized carbons (Fsp3) is 0.429. The smallest absolute Gasteiger partial charge is 0.332 e. The third-order valence-corrected chi connectivity index (χ3v) is 2.77. The van der Waals surface area contributed by atoms with Gasteiger partial charge in [0.05, 0.1) is 37.1 Å². The first-order valence-electron chi connectivity index (χ1n) is 6.43. The molecule has 6 heteroatoms. The second-order valence-corrected chi connectivity index (χ2v) is 4.19. The molecule has 0 N–H and O–H groups in total. The molecular weight excluding hydrogens is 260 g/mol. The fourth-order valence-electron chi connectivity index (χ4n) is 1.79. The maximum Gasteiger partial charge on any atom is 0.332 e. The van der Waals surface area contributed by atoms with Gasteiger partial charge in [0, 0.05) is 7.11 Å². The summed E-state index contributed by atoms with van der Waals surface area (Å²) in [6.07, 6.45) is 1.74. The summed E-state index contributed by atoms with van der Waals surface area (Å²) in [5, 5.41) is 0. The van der Waals surface area contributed by atoms with Crippen LogP contribution in [0.15, 0.2) is 30.6 Å². The highest BCUT2D eigenvalue weighted by molar-refractivity contribution is 5.75. The van der Waals surface area contributed by atoms with Crippen molar-refractivity contribution >= 4 is 17.0 Å². The van der Waals surface area contributed by atoms with Crippen LogP contribution >= 0.6 is 0 Å². The second-order valence-electron chi connectivity index (χ2n) is 4.19. The number of ether oxygens (including phenoxy) is 3. The Labute approximate surface area is 117 Å². The van der Waals surface area contributed by atoms with Gasteiger partial charge in [0.1, 0.15) is 13.2 Å². The van der Waals surface area contributed by atoms with E-state index in [0.717, 1.165) is 11.0 Å². The molecule has 0 aliphatic heterocycles. The lowest BCUT2D eigenvalue weighted by atomic mass is 10.3. The summed E-state index contributed by atoms with van der Waals surface area (Å²) in [5.74, 6) is -0.370. The molecule has 0 aliphatic carbocycles. The highest BCUT2D eigenvalue weighted by Crippen LogP contribution is 2.11. The van der Waals surface area contributed by atoms with E-state index in [1.807, 2.05) is 28.8 Å². The van der Waals surface area contributed by atoms with Crippen LogP contribution in [0.3, 0.4) is 0 Å². The maximum absolute atomic E-state index is 11.4. The zero-order valence-corrected chi connectivity index (χ0v) is 11.4. The topological polar surface area (TPSA) is 62.6 Å². The summed E-state index contributed by atoms with van der Waals surface area (Å²) < 4.78 is 16.9. The lowest BCUT2D eigenvalue weighted by Gasteiger charge is -2.07. The Kier molecular flexibility index (Phi) is 5.52. The predicted molar refractivity (Wildman–Crippen MR) is 73.4 cm³/mol. The molecule has 0 amide bonds. The van der Waals surface area contributed by atoms with E-state index in [-0.39, 0.29) is 12.6 Å². The van der Waals surface area contributed by atoms with E-state index in [2.05, 4.69) is 4.98 Å². The molecule has 1 heterocycles. The number of hydrogen-bond acceptors (Lipinski definition) is 5. The second kappa shape index (κ2) is 7.62. The van der Waals surface area contributed by atoms with E-state index in [0.29, 0.717) is 26.4 Å². The van der Waals surface area contributed by atoms with Crippen LogP contribution in [0.25, 0.3) is 11.0 Å². The number of carbonyl (C=O) groups excluding carboxylic acids is 1. The first-order valence-corrected chi connectivity index (χ1v) is 6.43. The zero-order chi connectivity index (χ0) is 14.2. The molecule has 2 aromatic rings. The van der Waals surface area contributed by atoms with E-state index in [1.165, 1.54) is 0 Å². The average Bonchev–Trinajstić information content (AvgIpc) is 2.87. The molecule has 1 aromatic carbocycles. The van der Waals surface area contributed by atoms with E-state index < -0.39 is 0 Å². The normalized spacial score (nSPS) is 10.8. The third kappa shape index (κ3) is 4.04. The van der Waals surface area contributed by atoms with Crippen LogP contribution in [0.4, 0.5) is 0 Å². The van der Waals surface area contributed by atoms with E-state index in [4.69, 9.17) is 14.2 Å². The molecule has 0 radical (unpaired) electrons. The van der Waals surface area contributed by atoms with Crippen LogP contribution < -0.4 is 0 Å². The molecule has 0 aliphatic rings. The van der Waals surface area contributed by atoms with Crippen LogP contribution in [-0.4, -0.2) is 49.1 Å². The Morgan fingerprint density at radius 2 is 2.10 bits per heavy atom. The van der Waals surface area contributed by atoms with Gasteiger partial charge in [-0.3, -0.25) is 0 Å². The van der Waals surface area contributed by atoms with E-state index in [1.54, 1.807) is 13.4 Å². The molecule has 0 saturated heterocycles. The number of methoxy groups -OCH3 is 1. The van der Waals surface area contributed by atoms with Crippen LogP contribution in [0.5, 0.6) is 0 Å². The van der Waals surface area contributed by atoms with Gasteiger partial charge in [0.2, 0.25) is 0 Å². The number of para-hydroxylation sites is 2. The quantitative estimate of drug-likeness (QED) is 0.537. The minimum absolute atomic E-state index is 0.0476. The van der Waals surface area contributed by atoms with Crippen molar-refractivity contribution in [2.75, 3.05) is 33.5 Å². The molecule has 0 spiro atoms. The predicted octanol–water partition coefficient (Wildman–Crippen LogP) is 1.24. The van der Waals surface area contributed by atoms with E-state index >= 15 is 0 Å². The van der Waals surface area contributed by atoms with Crippen molar-refractivity contribution in [1.29, 1.82) is 0 Å². The van der Waals surface area contributed by atoms with Gasteiger partial charge in [-0.25, -0.2) is 9.78 Å². The lowest BCUT2D eigenvalue weighted by Crippen LogP contribution is -2.17. The summed E-state index contributed by atoms with van der Waals surface area (Å²) in [7, 11) is 1.58. The minimum Gasteiger partial charge on any atom is -0.462 e. The van der Waals surface area contributed by atoms with Gasteiger partial charge in [-0.1, -0.05) is 12.1 Å². The maximum atomic E-state index is 11.4. The van der Waals surface area contributed by atoms with Crippen molar-refractivity contribution in [3.05, 3.63) is 30.6 Å². The zero-order valence-electron chi connectivity index (χ0n) is 11.4. The van der Waals surface area contributed by atoms with Crippen molar-refractivity contribution in [1.82, 2.24) is 9.55 Å². The number of esters is 1. The highest BCUT2D eigenvalue weighted by Gasteiger charge is 2.05. The summed E-state index contributed by atoms with van der Waals surface area (Å²) in [5.41, 5.74) is 1.96. The highest BCUT2D eigenvalue weighted by atomic mass is 16.6. The van der Waals surface area contributed by atoms with Gasteiger partial charge in [-0.2, -0.15) is 0 Å². The lowest BCUT2D eigenvalue weighted by molar-refractivity contribution is -0.149. The monoisotopic (exact) mass is 278 g/mol. The molecule has 20 heavy (non-hydrogen) atoms. The van der Waals surface area contributed by atoms with Gasteiger partial charge in [-0.15, -0.1) is 0 Å². The minimum atomic E-state index is -0.370. The van der Waals surface area contributed by atoms with Crippen molar-refractivity contribution in [3.63, 3.8) is 0 Å². The van der Waals surface area contributed by atoms with Crippen LogP contribution in [0.2, 0.25) is 0 Å². The van der Waals surface area contributed by atoms with Gasteiger partial charge < -0.3 is 18.8 Å². The standard InChI is InChI=1S/C14H18N2O4/c1-18-8-9-19-10-14(17)20-7-6-16-11-15-12-4-2-3-5-13(12)16/h2-5,11H,6-10H2,1H3. The fourth-order valence-corrected chi connectivity index (χ4v) is 1.79. The Morgan fingerprint density at radius 1 is 1.25 bits per heavy atom. The Hall–Kier alpha value is -1.92. The first-order chi connectivity index (χ1) is 9.81. The molecule has 0 bridgehead atoms. The number of fused-ring (bicyclic) bond motifs is 1. The number of hydrogen-bond donors (Lipinski definition) is 0. The SMILES string of the molecule is COCCOCC(=O)OCCn1cnc2ccccc21. The molecule has 0 atom stereocenters. The summed E-state index contributed by atoms with van der Waals surface area (Å²) in [4.78, 5) is 15.7. The van der Waals surface area contributed by atoms with E-state index in [9.17, 15) is 4.79 Å². The molecule has 0 fully saturated rings. The molecule has 0 saturated carbocycles. The number of aromatic nitrogens is 2. The van der Waals surface area contributed by atoms with Crippen molar-refractivity contribution < 1.29 is 19.0 Å². The van der Waals surface area contributed by atoms with Crippen LogP contribution in [-0.2, 0) is 25.5 Å². The number of carbonyl (C=O) groups is 1.